The van der Waals surface area contributed by atoms with Gasteiger partial charge in [-0.25, -0.2) is 0 Å². The molecule has 1 rings (SSSR count). The van der Waals surface area contributed by atoms with Gasteiger partial charge in [0.1, 0.15) is 0 Å². The summed E-state index contributed by atoms with van der Waals surface area (Å²) in [5, 5.41) is 6.42. The second kappa shape index (κ2) is 7.85. The van der Waals surface area contributed by atoms with Crippen molar-refractivity contribution in [3.8, 4) is 0 Å². The summed E-state index contributed by atoms with van der Waals surface area (Å²) in [6.07, 6.45) is 2.46. The van der Waals surface area contributed by atoms with Gasteiger partial charge in [-0.3, -0.25) is 9.69 Å². The van der Waals surface area contributed by atoms with Crippen molar-refractivity contribution in [1.29, 1.82) is 0 Å². The van der Waals surface area contributed by atoms with E-state index in [1.54, 1.807) is 0 Å². The molecule has 1 aliphatic heterocycles. The van der Waals surface area contributed by atoms with Gasteiger partial charge in [0.05, 0.1) is 6.54 Å². The number of carbonyl (C=O) groups excluding carboxylic acids is 1. The molecule has 0 radical (unpaired) electrons. The fourth-order valence-electron chi connectivity index (χ4n) is 2.55. The van der Waals surface area contributed by atoms with E-state index < -0.39 is 0 Å². The molecule has 0 aromatic heterocycles. The van der Waals surface area contributed by atoms with E-state index in [9.17, 15) is 4.79 Å². The monoisotopic (exact) mass is 269 g/mol. The molecule has 4 heteroatoms. The maximum atomic E-state index is 12.0. The number of carbonyl (C=O) groups is 1. The Balaban J connectivity index is 2.37. The van der Waals surface area contributed by atoms with Gasteiger partial charge in [-0.1, -0.05) is 13.8 Å². The molecule has 3 atom stereocenters. The van der Waals surface area contributed by atoms with Gasteiger partial charge in [0.25, 0.3) is 0 Å². The molecule has 4 nitrogen and oxygen atoms in total. The quantitative estimate of drug-likeness (QED) is 0.767. The van der Waals surface area contributed by atoms with Crippen LogP contribution < -0.4 is 10.6 Å². The van der Waals surface area contributed by atoms with Crippen LogP contribution in [0.3, 0.4) is 0 Å². The van der Waals surface area contributed by atoms with E-state index in [1.807, 2.05) is 7.05 Å². The standard InChI is InChI=1S/C15H31N3O/c1-11(2)12(3)17-15(19)10-18-8-6-7-14(9-18)13(4)16-5/h11-14,16H,6-10H2,1-5H3,(H,17,19). The summed E-state index contributed by atoms with van der Waals surface area (Å²) in [5.74, 6) is 1.32. The number of hydrogen-bond donors (Lipinski definition) is 2. The molecular weight excluding hydrogens is 238 g/mol. The van der Waals surface area contributed by atoms with E-state index in [2.05, 4.69) is 43.2 Å². The number of likely N-dealkylation sites (tertiary alicyclic amines) is 1. The van der Waals surface area contributed by atoms with E-state index >= 15 is 0 Å². The molecule has 1 heterocycles. The van der Waals surface area contributed by atoms with Crippen LogP contribution in [0.5, 0.6) is 0 Å². The van der Waals surface area contributed by atoms with Crippen molar-refractivity contribution in [3.05, 3.63) is 0 Å². The molecule has 112 valence electrons. The average Bonchev–Trinajstić information content (AvgIpc) is 2.37. The predicted octanol–water partition coefficient (Wildman–Crippen LogP) is 1.47. The van der Waals surface area contributed by atoms with Crippen LogP contribution in [0.4, 0.5) is 0 Å². The number of hydrogen-bond acceptors (Lipinski definition) is 3. The first kappa shape index (κ1) is 16.4. The van der Waals surface area contributed by atoms with Gasteiger partial charge in [-0.15, -0.1) is 0 Å². The minimum Gasteiger partial charge on any atom is -0.352 e. The molecule has 19 heavy (non-hydrogen) atoms. The van der Waals surface area contributed by atoms with E-state index in [4.69, 9.17) is 0 Å². The van der Waals surface area contributed by atoms with Gasteiger partial charge in [-0.2, -0.15) is 0 Å². The predicted molar refractivity (Wildman–Crippen MR) is 80.1 cm³/mol. The zero-order valence-corrected chi connectivity index (χ0v) is 13.2. The Morgan fingerprint density at radius 3 is 2.58 bits per heavy atom. The van der Waals surface area contributed by atoms with Crippen LogP contribution in [0.25, 0.3) is 0 Å². The van der Waals surface area contributed by atoms with Crippen LogP contribution in [0.2, 0.25) is 0 Å². The number of piperidine rings is 1. The fraction of sp³-hybridized carbons (Fsp3) is 0.933. The fourth-order valence-corrected chi connectivity index (χ4v) is 2.55. The molecule has 2 N–H and O–H groups in total. The summed E-state index contributed by atoms with van der Waals surface area (Å²) < 4.78 is 0. The normalized spacial score (nSPS) is 24.2. The molecule has 0 aromatic carbocycles. The first-order valence-electron chi connectivity index (χ1n) is 7.63. The summed E-state index contributed by atoms with van der Waals surface area (Å²) >= 11 is 0. The molecule has 0 aromatic rings. The largest absolute Gasteiger partial charge is 0.352 e. The van der Waals surface area contributed by atoms with Crippen LogP contribution in [0, 0.1) is 11.8 Å². The molecule has 1 fully saturated rings. The van der Waals surface area contributed by atoms with Crippen LogP contribution in [-0.2, 0) is 4.79 Å². The van der Waals surface area contributed by atoms with Crippen LogP contribution in [-0.4, -0.2) is 49.6 Å². The molecule has 0 saturated carbocycles. The Morgan fingerprint density at radius 1 is 1.32 bits per heavy atom. The lowest BCUT2D eigenvalue weighted by Gasteiger charge is -2.35. The third-order valence-corrected chi connectivity index (χ3v) is 4.46. The highest BCUT2D eigenvalue weighted by atomic mass is 16.2. The third-order valence-electron chi connectivity index (χ3n) is 4.46. The summed E-state index contributed by atoms with van der Waals surface area (Å²) in [4.78, 5) is 14.3. The highest BCUT2D eigenvalue weighted by Gasteiger charge is 2.25. The van der Waals surface area contributed by atoms with Crippen molar-refractivity contribution in [2.75, 3.05) is 26.7 Å². The summed E-state index contributed by atoms with van der Waals surface area (Å²) in [6.45, 7) is 11.2. The topological polar surface area (TPSA) is 44.4 Å². The number of amides is 1. The Bertz CT molecular complexity index is 281. The maximum Gasteiger partial charge on any atom is 0.234 e. The third kappa shape index (κ3) is 5.49. The van der Waals surface area contributed by atoms with Gasteiger partial charge in [0, 0.05) is 18.6 Å². The molecule has 1 saturated heterocycles. The Hall–Kier alpha value is -0.610. The van der Waals surface area contributed by atoms with E-state index in [0.717, 1.165) is 13.1 Å². The molecule has 1 amide bonds. The molecule has 0 bridgehead atoms. The van der Waals surface area contributed by atoms with Crippen LogP contribution >= 0.6 is 0 Å². The summed E-state index contributed by atoms with van der Waals surface area (Å²) in [5.41, 5.74) is 0. The minimum atomic E-state index is 0.166. The average molecular weight is 269 g/mol. The van der Waals surface area contributed by atoms with Crippen LogP contribution in [0.1, 0.15) is 40.5 Å². The van der Waals surface area contributed by atoms with Crippen molar-refractivity contribution < 1.29 is 4.79 Å². The Labute approximate surface area is 118 Å². The smallest absolute Gasteiger partial charge is 0.234 e. The first-order chi connectivity index (χ1) is 8.93. The second-order valence-corrected chi connectivity index (χ2v) is 6.31. The second-order valence-electron chi connectivity index (χ2n) is 6.31. The van der Waals surface area contributed by atoms with Crippen molar-refractivity contribution in [1.82, 2.24) is 15.5 Å². The van der Waals surface area contributed by atoms with Crippen molar-refractivity contribution >= 4 is 5.91 Å². The van der Waals surface area contributed by atoms with Crippen LogP contribution in [0.15, 0.2) is 0 Å². The van der Waals surface area contributed by atoms with E-state index in [1.165, 1.54) is 12.8 Å². The molecule has 1 aliphatic rings. The SMILES string of the molecule is CNC(C)C1CCCN(CC(=O)NC(C)C(C)C)C1. The highest BCUT2D eigenvalue weighted by molar-refractivity contribution is 5.78. The summed E-state index contributed by atoms with van der Waals surface area (Å²) in [7, 11) is 2.01. The molecule has 0 aliphatic carbocycles. The maximum absolute atomic E-state index is 12.0. The lowest BCUT2D eigenvalue weighted by molar-refractivity contribution is -0.123. The lowest BCUT2D eigenvalue weighted by Crippen LogP contribution is -2.48. The van der Waals surface area contributed by atoms with Crippen molar-refractivity contribution in [2.24, 2.45) is 11.8 Å². The Kier molecular flexibility index (Phi) is 6.80. The van der Waals surface area contributed by atoms with Crippen molar-refractivity contribution in [3.63, 3.8) is 0 Å². The van der Waals surface area contributed by atoms with Gasteiger partial charge >= 0.3 is 0 Å². The summed E-state index contributed by atoms with van der Waals surface area (Å²) in [6, 6.07) is 0.782. The lowest BCUT2D eigenvalue weighted by atomic mass is 9.91. The van der Waals surface area contributed by atoms with Crippen molar-refractivity contribution in [2.45, 2.75) is 52.6 Å². The molecule has 3 unspecified atom stereocenters. The van der Waals surface area contributed by atoms with E-state index in [0.29, 0.717) is 24.4 Å². The Morgan fingerprint density at radius 2 is 2.00 bits per heavy atom. The van der Waals surface area contributed by atoms with Gasteiger partial charge in [0.15, 0.2) is 0 Å². The first-order valence-corrected chi connectivity index (χ1v) is 7.63. The number of rotatable bonds is 6. The highest BCUT2D eigenvalue weighted by Crippen LogP contribution is 2.19. The van der Waals surface area contributed by atoms with Gasteiger partial charge in [-0.05, 0) is 52.1 Å². The zero-order valence-electron chi connectivity index (χ0n) is 13.2. The molecule has 0 spiro atoms. The van der Waals surface area contributed by atoms with Gasteiger partial charge < -0.3 is 10.6 Å². The minimum absolute atomic E-state index is 0.166. The molecular formula is C15H31N3O. The number of nitrogens with zero attached hydrogens (tertiary/aromatic N) is 1. The zero-order chi connectivity index (χ0) is 14.4. The van der Waals surface area contributed by atoms with Gasteiger partial charge in [0.2, 0.25) is 5.91 Å². The van der Waals surface area contributed by atoms with E-state index in [-0.39, 0.29) is 11.9 Å². The number of nitrogens with one attached hydrogen (secondary N) is 2.